The standard InChI is InChI=1S/C24H36N6O2/c1-19-8-3-4-14-28(19)15-7-12-25-22(31)10-6-16-29-23-18-20(21-9-5-13-27(21)2)26-30(23)17-11-24(29)32/h5,9,13,18-19H,3-4,6-8,10-12,14-17H2,1-2H3,(H,25,31). The van der Waals surface area contributed by atoms with E-state index in [4.69, 9.17) is 5.10 Å². The van der Waals surface area contributed by atoms with Gasteiger partial charge in [-0.05, 0) is 51.3 Å². The molecule has 1 unspecified atom stereocenters. The van der Waals surface area contributed by atoms with Gasteiger partial charge in [-0.2, -0.15) is 5.10 Å². The molecule has 8 heteroatoms. The molecule has 1 N–H and O–H groups in total. The first kappa shape index (κ1) is 22.6. The molecule has 4 heterocycles. The van der Waals surface area contributed by atoms with E-state index in [0.29, 0.717) is 38.4 Å². The fourth-order valence-electron chi connectivity index (χ4n) is 4.83. The van der Waals surface area contributed by atoms with Crippen molar-refractivity contribution < 1.29 is 9.59 Å². The van der Waals surface area contributed by atoms with Crippen LogP contribution in [0.2, 0.25) is 0 Å². The maximum atomic E-state index is 12.6. The lowest BCUT2D eigenvalue weighted by atomic mass is 10.0. The molecule has 1 atom stereocenters. The lowest BCUT2D eigenvalue weighted by Crippen LogP contribution is -2.39. The van der Waals surface area contributed by atoms with Crippen molar-refractivity contribution in [1.82, 2.24) is 24.6 Å². The molecule has 0 saturated carbocycles. The fraction of sp³-hybridized carbons (Fsp3) is 0.625. The topological polar surface area (TPSA) is 75.4 Å². The molecule has 1 saturated heterocycles. The second-order valence-corrected chi connectivity index (χ2v) is 9.10. The highest BCUT2D eigenvalue weighted by Gasteiger charge is 2.26. The number of likely N-dealkylation sites (tertiary alicyclic amines) is 1. The monoisotopic (exact) mass is 440 g/mol. The predicted molar refractivity (Wildman–Crippen MR) is 125 cm³/mol. The summed E-state index contributed by atoms with van der Waals surface area (Å²) in [6, 6.07) is 6.66. The Morgan fingerprint density at radius 1 is 1.22 bits per heavy atom. The Hall–Kier alpha value is -2.61. The summed E-state index contributed by atoms with van der Waals surface area (Å²) in [5, 5.41) is 7.74. The van der Waals surface area contributed by atoms with Crippen molar-refractivity contribution in [2.75, 3.05) is 31.1 Å². The van der Waals surface area contributed by atoms with Crippen molar-refractivity contribution in [2.24, 2.45) is 7.05 Å². The molecule has 0 spiro atoms. The average molecular weight is 441 g/mol. The second-order valence-electron chi connectivity index (χ2n) is 9.10. The van der Waals surface area contributed by atoms with Crippen LogP contribution >= 0.6 is 0 Å². The van der Waals surface area contributed by atoms with Crippen LogP contribution in [0.25, 0.3) is 11.4 Å². The highest BCUT2D eigenvalue weighted by molar-refractivity contribution is 5.94. The molecule has 0 aliphatic carbocycles. The number of fused-ring (bicyclic) bond motifs is 1. The number of hydrogen-bond donors (Lipinski definition) is 1. The number of carbonyl (C=O) groups excluding carboxylic acids is 2. The predicted octanol–water partition coefficient (Wildman–Crippen LogP) is 2.79. The lowest BCUT2D eigenvalue weighted by molar-refractivity contribution is -0.122. The average Bonchev–Trinajstić information content (AvgIpc) is 3.40. The Morgan fingerprint density at radius 3 is 2.88 bits per heavy atom. The van der Waals surface area contributed by atoms with Crippen LogP contribution in [-0.2, 0) is 23.2 Å². The smallest absolute Gasteiger partial charge is 0.229 e. The third-order valence-corrected chi connectivity index (χ3v) is 6.75. The molecule has 2 aromatic rings. The lowest BCUT2D eigenvalue weighted by Gasteiger charge is -2.33. The number of rotatable bonds is 9. The van der Waals surface area contributed by atoms with Gasteiger partial charge in [0.2, 0.25) is 11.8 Å². The van der Waals surface area contributed by atoms with Crippen LogP contribution < -0.4 is 10.2 Å². The summed E-state index contributed by atoms with van der Waals surface area (Å²) in [6.45, 7) is 6.39. The zero-order chi connectivity index (χ0) is 22.5. The molecule has 0 radical (unpaired) electrons. The van der Waals surface area contributed by atoms with E-state index in [0.717, 1.165) is 36.7 Å². The van der Waals surface area contributed by atoms with Gasteiger partial charge < -0.3 is 14.8 Å². The van der Waals surface area contributed by atoms with E-state index in [1.807, 2.05) is 40.7 Å². The van der Waals surface area contributed by atoms with E-state index < -0.39 is 0 Å². The molecule has 174 valence electrons. The van der Waals surface area contributed by atoms with Crippen molar-refractivity contribution in [3.8, 4) is 11.4 Å². The molecule has 0 aromatic carbocycles. The Labute approximate surface area is 190 Å². The maximum Gasteiger partial charge on any atom is 0.229 e. The zero-order valence-corrected chi connectivity index (χ0v) is 19.4. The van der Waals surface area contributed by atoms with Gasteiger partial charge in [-0.15, -0.1) is 0 Å². The second kappa shape index (κ2) is 10.3. The molecular formula is C24H36N6O2. The van der Waals surface area contributed by atoms with Gasteiger partial charge in [0.15, 0.2) is 0 Å². The van der Waals surface area contributed by atoms with Crippen molar-refractivity contribution in [2.45, 2.75) is 64.5 Å². The van der Waals surface area contributed by atoms with Gasteiger partial charge in [0.05, 0.1) is 12.2 Å². The molecule has 2 amide bonds. The summed E-state index contributed by atoms with van der Waals surface area (Å²) >= 11 is 0. The summed E-state index contributed by atoms with van der Waals surface area (Å²) < 4.78 is 3.93. The molecule has 2 aliphatic rings. The molecule has 0 bridgehead atoms. The number of amides is 2. The van der Waals surface area contributed by atoms with Crippen molar-refractivity contribution in [3.05, 3.63) is 24.4 Å². The minimum Gasteiger partial charge on any atom is -0.356 e. The maximum absolute atomic E-state index is 12.6. The number of aryl methyl sites for hydroxylation is 2. The van der Waals surface area contributed by atoms with Gasteiger partial charge in [-0.1, -0.05) is 6.42 Å². The van der Waals surface area contributed by atoms with Gasteiger partial charge in [0, 0.05) is 57.8 Å². The Balaban J connectivity index is 1.23. The number of piperidine rings is 1. The van der Waals surface area contributed by atoms with Crippen molar-refractivity contribution in [1.29, 1.82) is 0 Å². The van der Waals surface area contributed by atoms with E-state index in [1.54, 1.807) is 4.90 Å². The summed E-state index contributed by atoms with van der Waals surface area (Å²) in [5.41, 5.74) is 1.89. The van der Waals surface area contributed by atoms with E-state index in [-0.39, 0.29) is 11.8 Å². The largest absolute Gasteiger partial charge is 0.356 e. The van der Waals surface area contributed by atoms with Crippen molar-refractivity contribution >= 4 is 17.6 Å². The molecular weight excluding hydrogens is 404 g/mol. The highest BCUT2D eigenvalue weighted by Crippen LogP contribution is 2.28. The van der Waals surface area contributed by atoms with Crippen LogP contribution in [0.4, 0.5) is 5.82 Å². The number of nitrogens with one attached hydrogen (secondary N) is 1. The number of anilines is 1. The van der Waals surface area contributed by atoms with Gasteiger partial charge in [0.1, 0.15) is 11.5 Å². The number of hydrogen-bond acceptors (Lipinski definition) is 4. The molecule has 32 heavy (non-hydrogen) atoms. The van der Waals surface area contributed by atoms with Gasteiger partial charge in [-0.25, -0.2) is 4.68 Å². The molecule has 8 nitrogen and oxygen atoms in total. The Kier molecular flexibility index (Phi) is 7.29. The third-order valence-electron chi connectivity index (χ3n) is 6.75. The summed E-state index contributed by atoms with van der Waals surface area (Å²) in [6.07, 6.45) is 8.41. The molecule has 4 rings (SSSR count). The quantitative estimate of drug-likeness (QED) is 0.609. The van der Waals surface area contributed by atoms with Crippen LogP contribution in [0.3, 0.4) is 0 Å². The number of aromatic nitrogens is 3. The minimum absolute atomic E-state index is 0.0687. The number of carbonyl (C=O) groups is 2. The first-order valence-electron chi connectivity index (χ1n) is 12.0. The summed E-state index contributed by atoms with van der Waals surface area (Å²) in [7, 11) is 1.99. The van der Waals surface area contributed by atoms with Crippen LogP contribution in [0, 0.1) is 0 Å². The summed E-state index contributed by atoms with van der Waals surface area (Å²) in [5.74, 6) is 1.000. The Bertz CT molecular complexity index is 933. The highest BCUT2D eigenvalue weighted by atomic mass is 16.2. The van der Waals surface area contributed by atoms with E-state index in [1.165, 1.54) is 25.8 Å². The van der Waals surface area contributed by atoms with E-state index in [2.05, 4.69) is 17.1 Å². The molecule has 2 aliphatic heterocycles. The normalized spacial score (nSPS) is 19.2. The first-order valence-corrected chi connectivity index (χ1v) is 12.0. The summed E-state index contributed by atoms with van der Waals surface area (Å²) in [4.78, 5) is 29.2. The van der Waals surface area contributed by atoms with Crippen LogP contribution in [0.1, 0.15) is 51.9 Å². The van der Waals surface area contributed by atoms with E-state index in [9.17, 15) is 9.59 Å². The van der Waals surface area contributed by atoms with Crippen LogP contribution in [0.15, 0.2) is 24.4 Å². The van der Waals surface area contributed by atoms with Gasteiger partial charge >= 0.3 is 0 Å². The zero-order valence-electron chi connectivity index (χ0n) is 19.4. The van der Waals surface area contributed by atoms with Crippen LogP contribution in [-0.4, -0.2) is 63.3 Å². The van der Waals surface area contributed by atoms with Gasteiger partial charge in [0.25, 0.3) is 0 Å². The first-order chi connectivity index (χ1) is 15.5. The minimum atomic E-state index is 0.0687. The van der Waals surface area contributed by atoms with E-state index >= 15 is 0 Å². The SMILES string of the molecule is CC1CCCCN1CCCNC(=O)CCCN1C(=O)CCn2nc(-c3cccn3C)cc21. The fourth-order valence-corrected chi connectivity index (χ4v) is 4.83. The third kappa shape index (κ3) is 5.23. The molecule has 1 fully saturated rings. The van der Waals surface area contributed by atoms with Crippen LogP contribution in [0.5, 0.6) is 0 Å². The Morgan fingerprint density at radius 2 is 2.09 bits per heavy atom. The number of nitrogens with zero attached hydrogens (tertiary/aromatic N) is 5. The molecule has 2 aromatic heterocycles. The van der Waals surface area contributed by atoms with Crippen molar-refractivity contribution in [3.63, 3.8) is 0 Å². The van der Waals surface area contributed by atoms with Gasteiger partial charge in [-0.3, -0.25) is 14.5 Å².